The van der Waals surface area contributed by atoms with E-state index in [4.69, 9.17) is 4.42 Å². The van der Waals surface area contributed by atoms with Gasteiger partial charge in [-0.15, -0.1) is 0 Å². The molecule has 1 amide bonds. The molecular weight excluding hydrogens is 282 g/mol. The Morgan fingerprint density at radius 3 is 2.76 bits per heavy atom. The van der Waals surface area contributed by atoms with Gasteiger partial charge in [0.25, 0.3) is 5.91 Å². The minimum Gasteiger partial charge on any atom is -0.444 e. The van der Waals surface area contributed by atoms with Crippen LogP contribution in [0.2, 0.25) is 0 Å². The molecule has 94 valence electrons. The maximum atomic E-state index is 11.7. The molecule has 1 aromatic rings. The van der Waals surface area contributed by atoms with Crippen molar-refractivity contribution in [1.82, 2.24) is 5.32 Å². The molecule has 0 bridgehead atoms. The molecule has 3 nitrogen and oxygen atoms in total. The van der Waals surface area contributed by atoms with Crippen molar-refractivity contribution in [3.8, 4) is 0 Å². The predicted octanol–water partition coefficient (Wildman–Crippen LogP) is 3.74. The third-order valence-electron chi connectivity index (χ3n) is 3.36. The topological polar surface area (TPSA) is 42.2 Å². The first-order valence-corrected chi connectivity index (χ1v) is 7.08. The number of nitrogens with one attached hydrogen (secondary N) is 1. The van der Waals surface area contributed by atoms with Crippen molar-refractivity contribution in [1.29, 1.82) is 0 Å². The van der Waals surface area contributed by atoms with Gasteiger partial charge in [0.2, 0.25) is 0 Å². The van der Waals surface area contributed by atoms with Gasteiger partial charge >= 0.3 is 0 Å². The van der Waals surface area contributed by atoms with Gasteiger partial charge in [0.15, 0.2) is 10.4 Å². The van der Waals surface area contributed by atoms with Gasteiger partial charge in [-0.3, -0.25) is 4.79 Å². The fraction of sp³-hybridized carbons (Fsp3) is 0.615. The molecule has 1 N–H and O–H groups in total. The van der Waals surface area contributed by atoms with Crippen molar-refractivity contribution in [2.24, 2.45) is 5.92 Å². The lowest BCUT2D eigenvalue weighted by Crippen LogP contribution is -2.26. The van der Waals surface area contributed by atoms with E-state index in [1.807, 2.05) is 0 Å². The normalized spacial score (nSPS) is 17.0. The number of furan rings is 1. The van der Waals surface area contributed by atoms with E-state index in [1.165, 1.54) is 32.1 Å². The molecular formula is C13H18BrNO2. The summed E-state index contributed by atoms with van der Waals surface area (Å²) in [6, 6.07) is 3.41. The molecule has 0 saturated heterocycles. The van der Waals surface area contributed by atoms with Crippen LogP contribution in [0.4, 0.5) is 0 Å². The lowest BCUT2D eigenvalue weighted by Gasteiger charge is -2.21. The molecule has 1 saturated carbocycles. The maximum absolute atomic E-state index is 11.7. The van der Waals surface area contributed by atoms with Crippen LogP contribution in [0.15, 0.2) is 21.2 Å². The Bertz CT molecular complexity index is 369. The largest absolute Gasteiger partial charge is 0.444 e. The Labute approximate surface area is 110 Å². The van der Waals surface area contributed by atoms with E-state index >= 15 is 0 Å². The summed E-state index contributed by atoms with van der Waals surface area (Å²) in [4.78, 5) is 11.7. The molecule has 1 fully saturated rings. The molecule has 0 aromatic carbocycles. The molecule has 0 radical (unpaired) electrons. The lowest BCUT2D eigenvalue weighted by molar-refractivity contribution is 0.0921. The molecule has 0 unspecified atom stereocenters. The van der Waals surface area contributed by atoms with Crippen LogP contribution in [0.1, 0.15) is 49.1 Å². The fourth-order valence-electron chi connectivity index (χ4n) is 2.39. The molecule has 0 atom stereocenters. The fourth-order valence-corrected chi connectivity index (χ4v) is 2.70. The van der Waals surface area contributed by atoms with Crippen molar-refractivity contribution in [2.75, 3.05) is 6.54 Å². The third kappa shape index (κ3) is 3.87. The first kappa shape index (κ1) is 12.7. The van der Waals surface area contributed by atoms with Gasteiger partial charge in [0.05, 0.1) is 0 Å². The smallest absolute Gasteiger partial charge is 0.287 e. The summed E-state index contributed by atoms with van der Waals surface area (Å²) in [5, 5.41) is 2.91. The zero-order valence-corrected chi connectivity index (χ0v) is 11.5. The van der Waals surface area contributed by atoms with Gasteiger partial charge in [-0.25, -0.2) is 0 Å². The highest BCUT2D eigenvalue weighted by molar-refractivity contribution is 9.10. The lowest BCUT2D eigenvalue weighted by atomic mass is 9.87. The average Bonchev–Trinajstić information content (AvgIpc) is 2.77. The van der Waals surface area contributed by atoms with Crippen LogP contribution in [0, 0.1) is 5.92 Å². The van der Waals surface area contributed by atoms with Crippen molar-refractivity contribution in [2.45, 2.75) is 38.5 Å². The molecule has 2 rings (SSSR count). The number of carbonyl (C=O) groups excluding carboxylic acids is 1. The summed E-state index contributed by atoms with van der Waals surface area (Å²) in [6.07, 6.45) is 7.81. The third-order valence-corrected chi connectivity index (χ3v) is 3.79. The van der Waals surface area contributed by atoms with Gasteiger partial charge < -0.3 is 9.73 Å². The SMILES string of the molecule is O=C(NCCC1CCCCC1)c1ccc(Br)o1. The van der Waals surface area contributed by atoms with Crippen LogP contribution >= 0.6 is 15.9 Å². The molecule has 0 spiro atoms. The van der Waals surface area contributed by atoms with E-state index in [9.17, 15) is 4.79 Å². The minimum absolute atomic E-state index is 0.119. The summed E-state index contributed by atoms with van der Waals surface area (Å²) in [5.74, 6) is 1.06. The van der Waals surface area contributed by atoms with Crippen LogP contribution in [-0.4, -0.2) is 12.5 Å². The van der Waals surface area contributed by atoms with Gasteiger partial charge in [-0.05, 0) is 40.4 Å². The number of carbonyl (C=O) groups is 1. The summed E-state index contributed by atoms with van der Waals surface area (Å²) < 4.78 is 5.78. The van der Waals surface area contributed by atoms with Crippen LogP contribution in [-0.2, 0) is 0 Å². The Balaban J connectivity index is 1.69. The van der Waals surface area contributed by atoms with Crippen LogP contribution in [0.3, 0.4) is 0 Å². The summed E-state index contributed by atoms with van der Waals surface area (Å²) >= 11 is 3.18. The van der Waals surface area contributed by atoms with Crippen molar-refractivity contribution >= 4 is 21.8 Å². The highest BCUT2D eigenvalue weighted by atomic mass is 79.9. The minimum atomic E-state index is -0.119. The Morgan fingerprint density at radius 1 is 1.35 bits per heavy atom. The second-order valence-corrected chi connectivity index (χ2v) is 5.43. The number of amides is 1. The van der Waals surface area contributed by atoms with E-state index in [2.05, 4.69) is 21.2 Å². The first-order chi connectivity index (χ1) is 8.25. The monoisotopic (exact) mass is 299 g/mol. The molecule has 1 aliphatic rings. The predicted molar refractivity (Wildman–Crippen MR) is 69.9 cm³/mol. The summed E-state index contributed by atoms with van der Waals surface area (Å²) in [7, 11) is 0. The van der Waals surface area contributed by atoms with Crippen molar-refractivity contribution in [3.63, 3.8) is 0 Å². The molecule has 4 heteroatoms. The Morgan fingerprint density at radius 2 is 2.12 bits per heavy atom. The number of hydrogen-bond donors (Lipinski definition) is 1. The van der Waals surface area contributed by atoms with Gasteiger partial charge in [0.1, 0.15) is 0 Å². The van der Waals surface area contributed by atoms with Crippen LogP contribution in [0.5, 0.6) is 0 Å². The van der Waals surface area contributed by atoms with Crippen LogP contribution in [0.25, 0.3) is 0 Å². The van der Waals surface area contributed by atoms with E-state index in [0.29, 0.717) is 10.4 Å². The number of rotatable bonds is 4. The quantitative estimate of drug-likeness (QED) is 0.920. The van der Waals surface area contributed by atoms with Crippen LogP contribution < -0.4 is 5.32 Å². The molecule has 1 aliphatic carbocycles. The van der Waals surface area contributed by atoms with Crippen molar-refractivity contribution in [3.05, 3.63) is 22.6 Å². The second kappa shape index (κ2) is 6.24. The molecule has 1 heterocycles. The number of halogens is 1. The average molecular weight is 300 g/mol. The molecule has 1 aromatic heterocycles. The highest BCUT2D eigenvalue weighted by Crippen LogP contribution is 2.25. The Hall–Kier alpha value is -0.770. The Kier molecular flexibility index (Phi) is 4.66. The zero-order valence-electron chi connectivity index (χ0n) is 9.88. The summed E-state index contributed by atoms with van der Waals surface area (Å²) in [5.41, 5.74) is 0. The first-order valence-electron chi connectivity index (χ1n) is 6.29. The van der Waals surface area contributed by atoms with Gasteiger partial charge in [-0.2, -0.15) is 0 Å². The summed E-state index contributed by atoms with van der Waals surface area (Å²) in [6.45, 7) is 0.752. The zero-order chi connectivity index (χ0) is 12.1. The van der Waals surface area contributed by atoms with E-state index in [0.717, 1.165) is 18.9 Å². The second-order valence-electron chi connectivity index (χ2n) is 4.65. The van der Waals surface area contributed by atoms with E-state index < -0.39 is 0 Å². The highest BCUT2D eigenvalue weighted by Gasteiger charge is 2.14. The number of hydrogen-bond acceptors (Lipinski definition) is 2. The van der Waals surface area contributed by atoms with E-state index in [1.54, 1.807) is 12.1 Å². The van der Waals surface area contributed by atoms with Gasteiger partial charge in [-0.1, -0.05) is 32.1 Å². The molecule has 0 aliphatic heterocycles. The van der Waals surface area contributed by atoms with Gasteiger partial charge in [0, 0.05) is 6.54 Å². The maximum Gasteiger partial charge on any atom is 0.287 e. The standard InChI is InChI=1S/C13H18BrNO2/c14-12-7-6-11(17-12)13(16)15-9-8-10-4-2-1-3-5-10/h6-7,10H,1-5,8-9H2,(H,15,16). The van der Waals surface area contributed by atoms with E-state index in [-0.39, 0.29) is 5.91 Å². The van der Waals surface area contributed by atoms with Crippen molar-refractivity contribution < 1.29 is 9.21 Å². The molecule has 17 heavy (non-hydrogen) atoms.